The van der Waals surface area contributed by atoms with Crippen molar-refractivity contribution in [3.05, 3.63) is 35.4 Å². The lowest BCUT2D eigenvalue weighted by molar-refractivity contribution is -0.143. The monoisotopic (exact) mass is 311 g/mol. The van der Waals surface area contributed by atoms with Gasteiger partial charge < -0.3 is 10.0 Å². The fourth-order valence-corrected chi connectivity index (χ4v) is 2.34. The van der Waals surface area contributed by atoms with Crippen LogP contribution in [0.15, 0.2) is 18.2 Å². The Bertz CT molecular complexity index is 573. The summed E-state index contributed by atoms with van der Waals surface area (Å²) in [6.07, 6.45) is 1.88. The van der Waals surface area contributed by atoms with Gasteiger partial charge in [-0.1, -0.05) is 19.1 Å². The Labute approximate surface area is 127 Å². The highest BCUT2D eigenvalue weighted by Crippen LogP contribution is 2.28. The molecule has 0 radical (unpaired) electrons. The number of carboxylic acids is 1. The fraction of sp³-hybridized carbons (Fsp3) is 0.500. The molecule has 120 valence electrons. The summed E-state index contributed by atoms with van der Waals surface area (Å²) in [5, 5.41) is 8.96. The average molecular weight is 311 g/mol. The van der Waals surface area contributed by atoms with E-state index in [0.29, 0.717) is 0 Å². The van der Waals surface area contributed by atoms with Gasteiger partial charge in [0.2, 0.25) is 5.91 Å². The van der Waals surface area contributed by atoms with Crippen LogP contribution in [-0.4, -0.2) is 34.5 Å². The molecule has 0 heterocycles. The number of aryl methyl sites for hydroxylation is 1. The molecule has 1 aliphatic carbocycles. The molecule has 0 aliphatic heterocycles. The summed E-state index contributed by atoms with van der Waals surface area (Å²) in [6.45, 7) is 1.71. The molecule has 1 fully saturated rings. The minimum absolute atomic E-state index is 0.0449. The van der Waals surface area contributed by atoms with Gasteiger partial charge >= 0.3 is 5.97 Å². The van der Waals surface area contributed by atoms with Crippen LogP contribution in [0.5, 0.6) is 0 Å². The van der Waals surface area contributed by atoms with E-state index >= 15 is 0 Å². The first-order valence-corrected chi connectivity index (χ1v) is 7.35. The van der Waals surface area contributed by atoms with Crippen LogP contribution in [0.3, 0.4) is 0 Å². The van der Waals surface area contributed by atoms with Gasteiger partial charge in [0.25, 0.3) is 0 Å². The Balaban J connectivity index is 1.97. The number of benzene rings is 1. The highest BCUT2D eigenvalue weighted by atomic mass is 19.2. The van der Waals surface area contributed by atoms with Crippen LogP contribution in [0.25, 0.3) is 0 Å². The molecule has 1 N–H and O–H groups in total. The number of rotatable bonds is 7. The molecule has 1 atom stereocenters. The molecule has 0 bridgehead atoms. The van der Waals surface area contributed by atoms with E-state index in [9.17, 15) is 18.4 Å². The van der Waals surface area contributed by atoms with Crippen molar-refractivity contribution < 1.29 is 23.5 Å². The Hall–Kier alpha value is -1.98. The number of nitrogens with zero attached hydrogens (tertiary/aromatic N) is 1. The highest BCUT2D eigenvalue weighted by Gasteiger charge is 2.34. The summed E-state index contributed by atoms with van der Waals surface area (Å²) in [6, 6.07) is 3.98. The van der Waals surface area contributed by atoms with Gasteiger partial charge in [0.05, 0.1) is 5.92 Å². The zero-order valence-corrected chi connectivity index (χ0v) is 12.4. The highest BCUT2D eigenvalue weighted by molar-refractivity contribution is 5.78. The number of hydrogen-bond acceptors (Lipinski definition) is 2. The Kier molecular flexibility index (Phi) is 5.11. The van der Waals surface area contributed by atoms with Crippen LogP contribution in [0.4, 0.5) is 8.78 Å². The molecule has 6 heteroatoms. The van der Waals surface area contributed by atoms with Crippen LogP contribution in [0, 0.1) is 17.6 Å². The minimum Gasteiger partial charge on any atom is -0.481 e. The van der Waals surface area contributed by atoms with Crippen molar-refractivity contribution in [2.24, 2.45) is 5.92 Å². The largest absolute Gasteiger partial charge is 0.481 e. The fourth-order valence-electron chi connectivity index (χ4n) is 2.34. The van der Waals surface area contributed by atoms with Gasteiger partial charge in [-0.15, -0.1) is 0 Å². The molecule has 0 aromatic heterocycles. The second-order valence-electron chi connectivity index (χ2n) is 5.73. The lowest BCUT2D eigenvalue weighted by atomic mass is 10.1. The van der Waals surface area contributed by atoms with E-state index in [0.717, 1.165) is 18.9 Å². The van der Waals surface area contributed by atoms with E-state index in [4.69, 9.17) is 5.11 Å². The summed E-state index contributed by atoms with van der Waals surface area (Å²) < 4.78 is 26.7. The number of amides is 1. The minimum atomic E-state index is -0.949. The number of hydrogen-bond donors (Lipinski definition) is 1. The average Bonchev–Trinajstić information content (AvgIpc) is 3.30. The van der Waals surface area contributed by atoms with Crippen LogP contribution in [0.2, 0.25) is 0 Å². The molecule has 22 heavy (non-hydrogen) atoms. The standard InChI is InChI=1S/C16H19F2NO3/c1-10(16(21)22)9-19(12-6-7-12)14(20)8-5-11-3-2-4-13(17)15(11)18/h2-4,10,12H,5-9H2,1H3,(H,21,22). The summed E-state index contributed by atoms with van der Waals surface area (Å²) in [7, 11) is 0. The van der Waals surface area contributed by atoms with Crippen molar-refractivity contribution >= 4 is 11.9 Å². The first kappa shape index (κ1) is 16.4. The molecule has 2 rings (SSSR count). The maximum absolute atomic E-state index is 13.6. The molecule has 1 aromatic carbocycles. The molecule has 1 saturated carbocycles. The molecular weight excluding hydrogens is 292 g/mol. The van der Waals surface area contributed by atoms with Crippen molar-refractivity contribution in [2.45, 2.75) is 38.6 Å². The van der Waals surface area contributed by atoms with Crippen LogP contribution < -0.4 is 0 Å². The second-order valence-corrected chi connectivity index (χ2v) is 5.73. The van der Waals surface area contributed by atoms with E-state index < -0.39 is 23.5 Å². The predicted octanol–water partition coefficient (Wildman–Crippen LogP) is 2.61. The van der Waals surface area contributed by atoms with Crippen LogP contribution >= 0.6 is 0 Å². The molecule has 0 spiro atoms. The molecule has 0 saturated heterocycles. The van der Waals surface area contributed by atoms with Crippen LogP contribution in [-0.2, 0) is 16.0 Å². The zero-order chi connectivity index (χ0) is 16.3. The third-order valence-corrected chi connectivity index (χ3v) is 3.84. The van der Waals surface area contributed by atoms with E-state index in [1.807, 2.05) is 0 Å². The van der Waals surface area contributed by atoms with E-state index in [1.165, 1.54) is 12.1 Å². The molecule has 4 nitrogen and oxygen atoms in total. The first-order chi connectivity index (χ1) is 10.4. The van der Waals surface area contributed by atoms with Gasteiger partial charge in [-0.3, -0.25) is 9.59 Å². The molecule has 1 amide bonds. The second kappa shape index (κ2) is 6.85. The molecule has 1 unspecified atom stereocenters. The number of carbonyl (C=O) groups is 2. The van der Waals surface area contributed by atoms with Crippen molar-refractivity contribution in [3.63, 3.8) is 0 Å². The Morgan fingerprint density at radius 2 is 2.05 bits per heavy atom. The van der Waals surface area contributed by atoms with E-state index in [-0.39, 0.29) is 36.9 Å². The van der Waals surface area contributed by atoms with E-state index in [2.05, 4.69) is 0 Å². The van der Waals surface area contributed by atoms with Crippen molar-refractivity contribution in [2.75, 3.05) is 6.54 Å². The normalized spacial score (nSPS) is 15.4. The third kappa shape index (κ3) is 4.02. The summed E-state index contributed by atoms with van der Waals surface area (Å²) in [5.41, 5.74) is 0.162. The Morgan fingerprint density at radius 3 is 2.64 bits per heavy atom. The predicted molar refractivity (Wildman–Crippen MR) is 76.2 cm³/mol. The summed E-state index contributed by atoms with van der Waals surface area (Å²) in [5.74, 6) is -3.65. The van der Waals surface area contributed by atoms with Gasteiger partial charge in [0.15, 0.2) is 11.6 Å². The van der Waals surface area contributed by atoms with Gasteiger partial charge in [0, 0.05) is 19.0 Å². The summed E-state index contributed by atoms with van der Waals surface area (Å²) >= 11 is 0. The lowest BCUT2D eigenvalue weighted by Crippen LogP contribution is -2.38. The molecule has 1 aliphatic rings. The maximum Gasteiger partial charge on any atom is 0.308 e. The quantitative estimate of drug-likeness (QED) is 0.842. The number of halogens is 2. The van der Waals surface area contributed by atoms with Crippen molar-refractivity contribution in [1.82, 2.24) is 4.90 Å². The number of aliphatic carboxylic acids is 1. The molecule has 1 aromatic rings. The topological polar surface area (TPSA) is 57.6 Å². The van der Waals surface area contributed by atoms with Gasteiger partial charge in [-0.25, -0.2) is 8.78 Å². The van der Waals surface area contributed by atoms with Crippen molar-refractivity contribution in [1.29, 1.82) is 0 Å². The van der Waals surface area contributed by atoms with Crippen LogP contribution in [0.1, 0.15) is 31.7 Å². The smallest absolute Gasteiger partial charge is 0.308 e. The maximum atomic E-state index is 13.6. The van der Waals surface area contributed by atoms with Gasteiger partial charge in [-0.2, -0.15) is 0 Å². The van der Waals surface area contributed by atoms with E-state index in [1.54, 1.807) is 11.8 Å². The summed E-state index contributed by atoms with van der Waals surface area (Å²) in [4.78, 5) is 24.8. The van der Waals surface area contributed by atoms with Gasteiger partial charge in [-0.05, 0) is 30.9 Å². The molecular formula is C16H19F2NO3. The van der Waals surface area contributed by atoms with Crippen molar-refractivity contribution in [3.8, 4) is 0 Å². The number of carboxylic acid groups (broad SMARTS) is 1. The SMILES string of the molecule is CC(CN(C(=O)CCc1cccc(F)c1F)C1CC1)C(=O)O. The third-order valence-electron chi connectivity index (χ3n) is 3.84. The first-order valence-electron chi connectivity index (χ1n) is 7.35. The zero-order valence-electron chi connectivity index (χ0n) is 12.4. The Morgan fingerprint density at radius 1 is 1.36 bits per heavy atom. The van der Waals surface area contributed by atoms with Gasteiger partial charge in [0.1, 0.15) is 0 Å². The number of carbonyl (C=O) groups excluding carboxylic acids is 1. The lowest BCUT2D eigenvalue weighted by Gasteiger charge is -2.24.